The number of aliphatic hydroxyl groups excluding tert-OH is 1. The fourth-order valence-electron chi connectivity index (χ4n) is 1.69. The lowest BCUT2D eigenvalue weighted by atomic mass is 9.65. The standard InChI is InChI=1S/C15H32O/c1-13(2,3)11-9-10-12(16)15(7,8)14(4,5)6/h12,16H,9-11H2,1-8H3. The van der Waals surface area contributed by atoms with Gasteiger partial charge in [-0.15, -0.1) is 0 Å². The zero-order chi connectivity index (χ0) is 13.2. The van der Waals surface area contributed by atoms with Crippen LogP contribution in [0.1, 0.15) is 74.7 Å². The predicted molar refractivity (Wildman–Crippen MR) is 72.5 cm³/mol. The van der Waals surface area contributed by atoms with Crippen LogP contribution in [0.25, 0.3) is 0 Å². The molecule has 0 saturated heterocycles. The molecule has 1 unspecified atom stereocenters. The normalized spacial score (nSPS) is 16.3. The molecule has 0 bridgehead atoms. The summed E-state index contributed by atoms with van der Waals surface area (Å²) in [6.45, 7) is 17.8. The van der Waals surface area contributed by atoms with Gasteiger partial charge in [0.05, 0.1) is 6.10 Å². The van der Waals surface area contributed by atoms with E-state index in [2.05, 4.69) is 55.4 Å². The fourth-order valence-corrected chi connectivity index (χ4v) is 1.69. The van der Waals surface area contributed by atoms with E-state index in [4.69, 9.17) is 0 Å². The van der Waals surface area contributed by atoms with Crippen LogP contribution in [-0.4, -0.2) is 11.2 Å². The molecule has 0 aliphatic heterocycles. The minimum Gasteiger partial charge on any atom is -0.393 e. The average molecular weight is 228 g/mol. The Bertz CT molecular complexity index is 202. The predicted octanol–water partition coefficient (Wildman–Crippen LogP) is 4.64. The maximum Gasteiger partial charge on any atom is 0.0596 e. The molecule has 1 nitrogen and oxygen atoms in total. The van der Waals surface area contributed by atoms with Gasteiger partial charge in [0.15, 0.2) is 0 Å². The molecule has 98 valence electrons. The van der Waals surface area contributed by atoms with Gasteiger partial charge in [0, 0.05) is 0 Å². The van der Waals surface area contributed by atoms with Crippen LogP contribution in [0.4, 0.5) is 0 Å². The van der Waals surface area contributed by atoms with Gasteiger partial charge in [0.2, 0.25) is 0 Å². The molecule has 0 saturated carbocycles. The molecule has 1 atom stereocenters. The van der Waals surface area contributed by atoms with Crippen LogP contribution in [0.2, 0.25) is 0 Å². The topological polar surface area (TPSA) is 20.2 Å². The lowest BCUT2D eigenvalue weighted by Gasteiger charge is -2.43. The van der Waals surface area contributed by atoms with Gasteiger partial charge in [-0.1, -0.05) is 61.8 Å². The molecule has 1 N–H and O–H groups in total. The smallest absolute Gasteiger partial charge is 0.0596 e. The maximum absolute atomic E-state index is 10.3. The van der Waals surface area contributed by atoms with Crippen molar-refractivity contribution in [2.45, 2.75) is 80.8 Å². The molecule has 16 heavy (non-hydrogen) atoms. The second-order valence-corrected chi connectivity index (χ2v) is 7.94. The molecule has 0 heterocycles. The van der Waals surface area contributed by atoms with Crippen LogP contribution >= 0.6 is 0 Å². The monoisotopic (exact) mass is 228 g/mol. The number of aliphatic hydroxyl groups is 1. The molecular weight excluding hydrogens is 196 g/mol. The Morgan fingerprint density at radius 2 is 1.31 bits per heavy atom. The first-order valence-corrected chi connectivity index (χ1v) is 6.56. The average Bonchev–Trinajstić information content (AvgIpc) is 1.99. The molecule has 0 radical (unpaired) electrons. The van der Waals surface area contributed by atoms with E-state index in [1.165, 1.54) is 6.42 Å². The van der Waals surface area contributed by atoms with E-state index < -0.39 is 0 Å². The van der Waals surface area contributed by atoms with Gasteiger partial charge < -0.3 is 5.11 Å². The van der Waals surface area contributed by atoms with E-state index in [0.717, 1.165) is 12.8 Å². The minimum atomic E-state index is -0.199. The van der Waals surface area contributed by atoms with Crippen molar-refractivity contribution in [3.05, 3.63) is 0 Å². The van der Waals surface area contributed by atoms with Crippen LogP contribution in [-0.2, 0) is 0 Å². The Morgan fingerprint density at radius 3 is 1.62 bits per heavy atom. The summed E-state index contributed by atoms with van der Waals surface area (Å²) in [5.74, 6) is 0. The Kier molecular flexibility index (Phi) is 5.07. The highest BCUT2D eigenvalue weighted by atomic mass is 16.3. The molecule has 0 amide bonds. The van der Waals surface area contributed by atoms with Crippen LogP contribution in [0.15, 0.2) is 0 Å². The SMILES string of the molecule is CC(C)(C)CCCC(O)C(C)(C)C(C)(C)C. The Hall–Kier alpha value is -0.0400. The van der Waals surface area contributed by atoms with Gasteiger partial charge in [-0.2, -0.15) is 0 Å². The van der Waals surface area contributed by atoms with Crippen LogP contribution in [0.5, 0.6) is 0 Å². The molecule has 0 aromatic heterocycles. The first kappa shape index (κ1) is 16.0. The third-order valence-corrected chi connectivity index (χ3v) is 4.17. The summed E-state index contributed by atoms with van der Waals surface area (Å²) in [4.78, 5) is 0. The lowest BCUT2D eigenvalue weighted by molar-refractivity contribution is -0.0335. The summed E-state index contributed by atoms with van der Waals surface area (Å²) in [6.07, 6.45) is 3.02. The van der Waals surface area contributed by atoms with E-state index in [-0.39, 0.29) is 16.9 Å². The molecular formula is C15H32O. The van der Waals surface area contributed by atoms with Crippen LogP contribution in [0, 0.1) is 16.2 Å². The minimum absolute atomic E-state index is 0.0229. The lowest BCUT2D eigenvalue weighted by Crippen LogP contribution is -2.40. The second-order valence-electron chi connectivity index (χ2n) is 7.94. The van der Waals surface area contributed by atoms with Gasteiger partial charge in [0.1, 0.15) is 0 Å². The molecule has 0 aromatic carbocycles. The number of hydrogen-bond donors (Lipinski definition) is 1. The fraction of sp³-hybridized carbons (Fsp3) is 1.00. The van der Waals surface area contributed by atoms with Gasteiger partial charge in [-0.3, -0.25) is 0 Å². The van der Waals surface area contributed by atoms with Crippen molar-refractivity contribution in [3.63, 3.8) is 0 Å². The second kappa shape index (κ2) is 5.08. The molecule has 0 aliphatic rings. The Labute approximate surface area is 103 Å². The van der Waals surface area contributed by atoms with Crippen molar-refractivity contribution >= 4 is 0 Å². The zero-order valence-corrected chi connectivity index (χ0v) is 12.6. The Balaban J connectivity index is 4.22. The van der Waals surface area contributed by atoms with Gasteiger partial charge >= 0.3 is 0 Å². The van der Waals surface area contributed by atoms with Crippen LogP contribution < -0.4 is 0 Å². The van der Waals surface area contributed by atoms with Gasteiger partial charge in [0.25, 0.3) is 0 Å². The van der Waals surface area contributed by atoms with Crippen molar-refractivity contribution in [3.8, 4) is 0 Å². The first-order chi connectivity index (χ1) is 6.88. The summed E-state index contributed by atoms with van der Waals surface area (Å²) in [7, 11) is 0. The van der Waals surface area contributed by atoms with Crippen molar-refractivity contribution in [2.75, 3.05) is 0 Å². The highest BCUT2D eigenvalue weighted by molar-refractivity contribution is 4.88. The molecule has 1 heteroatoms. The Morgan fingerprint density at radius 1 is 0.875 bits per heavy atom. The van der Waals surface area contributed by atoms with Crippen molar-refractivity contribution in [2.24, 2.45) is 16.2 Å². The molecule has 0 aromatic rings. The largest absolute Gasteiger partial charge is 0.393 e. The molecule has 0 spiro atoms. The number of hydrogen-bond acceptors (Lipinski definition) is 1. The van der Waals surface area contributed by atoms with Crippen molar-refractivity contribution < 1.29 is 5.11 Å². The molecule has 0 aliphatic carbocycles. The third-order valence-electron chi connectivity index (χ3n) is 4.17. The summed E-state index contributed by atoms with van der Waals surface area (Å²) in [5.41, 5.74) is 0.505. The van der Waals surface area contributed by atoms with Crippen molar-refractivity contribution in [1.29, 1.82) is 0 Å². The first-order valence-electron chi connectivity index (χ1n) is 6.56. The van der Waals surface area contributed by atoms with Gasteiger partial charge in [-0.25, -0.2) is 0 Å². The highest BCUT2D eigenvalue weighted by Gasteiger charge is 2.38. The van der Waals surface area contributed by atoms with Crippen molar-refractivity contribution in [1.82, 2.24) is 0 Å². The van der Waals surface area contributed by atoms with Crippen LogP contribution in [0.3, 0.4) is 0 Å². The molecule has 0 fully saturated rings. The maximum atomic E-state index is 10.3. The molecule has 0 rings (SSSR count). The third kappa shape index (κ3) is 4.86. The summed E-state index contributed by atoms with van der Waals surface area (Å²) >= 11 is 0. The van der Waals surface area contributed by atoms with E-state index in [9.17, 15) is 5.11 Å². The van der Waals surface area contributed by atoms with Gasteiger partial charge in [-0.05, 0) is 29.1 Å². The van der Waals surface area contributed by atoms with E-state index >= 15 is 0 Å². The highest BCUT2D eigenvalue weighted by Crippen LogP contribution is 2.42. The summed E-state index contributed by atoms with van der Waals surface area (Å²) < 4.78 is 0. The number of rotatable bonds is 4. The van der Waals surface area contributed by atoms with E-state index in [0.29, 0.717) is 5.41 Å². The van der Waals surface area contributed by atoms with E-state index in [1.54, 1.807) is 0 Å². The summed E-state index contributed by atoms with van der Waals surface area (Å²) in [5, 5.41) is 10.3. The quantitative estimate of drug-likeness (QED) is 0.743. The zero-order valence-electron chi connectivity index (χ0n) is 12.6. The van der Waals surface area contributed by atoms with E-state index in [1.807, 2.05) is 0 Å². The summed E-state index contributed by atoms with van der Waals surface area (Å²) in [6, 6.07) is 0.